The minimum absolute atomic E-state index is 0.00149. The Morgan fingerprint density at radius 1 is 0.829 bits per heavy atom. The van der Waals surface area contributed by atoms with Crippen LogP contribution < -0.4 is 9.47 Å². The Morgan fingerprint density at radius 2 is 1.49 bits per heavy atom. The van der Waals surface area contributed by atoms with Crippen molar-refractivity contribution < 1.29 is 69.3 Å². The van der Waals surface area contributed by atoms with Crippen molar-refractivity contribution in [3.63, 3.8) is 0 Å². The zero-order chi connectivity index (χ0) is 29.6. The lowest BCUT2D eigenvalue weighted by Crippen LogP contribution is -2.61. The topological polar surface area (TPSA) is 225 Å². The molecule has 3 aliphatic rings. The molecule has 3 aliphatic heterocycles. The highest BCUT2D eigenvalue weighted by Crippen LogP contribution is 2.42. The third-order valence-corrected chi connectivity index (χ3v) is 7.39. The summed E-state index contributed by atoms with van der Waals surface area (Å²) in [5.74, 6) is -0.893. The molecule has 2 aromatic carbocycles. The summed E-state index contributed by atoms with van der Waals surface area (Å²) in [4.78, 5) is 12.8. The number of phenols is 2. The number of Topliss-reactive ketones (excluding diaryl/α,β-unsaturated/α-hetero) is 1. The normalized spacial score (nSPS) is 37.2. The van der Waals surface area contributed by atoms with Crippen LogP contribution in [-0.2, 0) is 14.2 Å². The van der Waals surface area contributed by atoms with Crippen LogP contribution in [0.5, 0.6) is 23.0 Å². The standard InChI is InChI=1S/C27H32O14/c1-10-20(31)22(33)24(35)26(38-10)37-9-18-21(32)23(34)25(36)27(41-18)39-13-6-14(29)19-15(30)8-16(40-17(19)7-13)11-2-4-12(28)5-3-11/h2-7,10,16,18,20-29,31-36H,8-9H2,1H3/t10-,16-,18+,20-,21+,22+,23-,24+,25+,26-,27+/m0/s1. The first-order valence-corrected chi connectivity index (χ1v) is 13.0. The molecule has 2 aromatic rings. The molecule has 0 aromatic heterocycles. The van der Waals surface area contributed by atoms with Crippen molar-refractivity contribution in [2.45, 2.75) is 80.9 Å². The minimum atomic E-state index is -1.76. The van der Waals surface area contributed by atoms with Gasteiger partial charge in [-0.2, -0.15) is 0 Å². The second kappa shape index (κ2) is 11.7. The number of rotatable bonds is 6. The van der Waals surface area contributed by atoms with Gasteiger partial charge in [0.2, 0.25) is 6.29 Å². The average molecular weight is 581 g/mol. The number of aromatic hydroxyl groups is 2. The molecular formula is C27H32O14. The first kappa shape index (κ1) is 29.4. The molecule has 14 nitrogen and oxygen atoms in total. The minimum Gasteiger partial charge on any atom is -0.508 e. The van der Waals surface area contributed by atoms with Gasteiger partial charge in [-0.05, 0) is 24.6 Å². The number of hydrogen-bond acceptors (Lipinski definition) is 14. The van der Waals surface area contributed by atoms with Gasteiger partial charge in [0.15, 0.2) is 12.1 Å². The summed E-state index contributed by atoms with van der Waals surface area (Å²) >= 11 is 0. The Labute approximate surface area is 233 Å². The third-order valence-electron chi connectivity index (χ3n) is 7.39. The van der Waals surface area contributed by atoms with Crippen molar-refractivity contribution in [2.75, 3.05) is 6.61 Å². The predicted octanol–water partition coefficient (Wildman–Crippen LogP) is -1.17. The van der Waals surface area contributed by atoms with E-state index in [2.05, 4.69) is 0 Å². The molecule has 41 heavy (non-hydrogen) atoms. The number of aliphatic hydroxyl groups excluding tert-OH is 6. The van der Waals surface area contributed by atoms with Crippen LogP contribution in [0, 0.1) is 0 Å². The Hall–Kier alpha value is -3.05. The van der Waals surface area contributed by atoms with E-state index < -0.39 is 85.7 Å². The lowest BCUT2D eigenvalue weighted by molar-refractivity contribution is -0.318. The number of ketones is 1. The molecule has 8 N–H and O–H groups in total. The molecule has 0 unspecified atom stereocenters. The molecular weight excluding hydrogens is 548 g/mol. The molecule has 2 fully saturated rings. The van der Waals surface area contributed by atoms with Crippen molar-refractivity contribution in [3.05, 3.63) is 47.5 Å². The van der Waals surface area contributed by atoms with E-state index >= 15 is 0 Å². The first-order chi connectivity index (χ1) is 19.4. The summed E-state index contributed by atoms with van der Waals surface area (Å²) in [6.07, 6.45) is -15.6. The van der Waals surface area contributed by atoms with E-state index in [-0.39, 0.29) is 29.2 Å². The molecule has 224 valence electrons. The van der Waals surface area contributed by atoms with E-state index in [0.717, 1.165) is 6.07 Å². The Morgan fingerprint density at radius 3 is 2.20 bits per heavy atom. The number of hydrogen-bond donors (Lipinski definition) is 8. The number of benzene rings is 2. The molecule has 0 spiro atoms. The lowest BCUT2D eigenvalue weighted by Gasteiger charge is -2.42. The fraction of sp³-hybridized carbons (Fsp3) is 0.519. The van der Waals surface area contributed by atoms with Crippen LogP contribution in [0.15, 0.2) is 36.4 Å². The van der Waals surface area contributed by atoms with Crippen LogP contribution in [-0.4, -0.2) is 115 Å². The number of ether oxygens (including phenoxy) is 5. The van der Waals surface area contributed by atoms with Gasteiger partial charge in [0.1, 0.15) is 77.4 Å². The fourth-order valence-electron chi connectivity index (χ4n) is 4.98. The molecule has 11 atom stereocenters. The number of aliphatic hydroxyl groups is 6. The zero-order valence-electron chi connectivity index (χ0n) is 21.8. The smallest absolute Gasteiger partial charge is 0.229 e. The van der Waals surface area contributed by atoms with E-state index in [1.165, 1.54) is 25.1 Å². The maximum absolute atomic E-state index is 12.8. The Kier molecular flexibility index (Phi) is 8.39. The van der Waals surface area contributed by atoms with Gasteiger partial charge in [-0.3, -0.25) is 4.79 Å². The highest BCUT2D eigenvalue weighted by Gasteiger charge is 2.47. The van der Waals surface area contributed by atoms with E-state index in [1.807, 2.05) is 0 Å². The molecule has 5 rings (SSSR count). The largest absolute Gasteiger partial charge is 0.508 e. The van der Waals surface area contributed by atoms with Gasteiger partial charge < -0.3 is 64.5 Å². The zero-order valence-corrected chi connectivity index (χ0v) is 21.8. The number of phenolic OH excluding ortho intramolecular Hbond substituents is 2. The number of carbonyl (C=O) groups excluding carboxylic acids is 1. The Bertz CT molecular complexity index is 1240. The molecule has 0 amide bonds. The maximum atomic E-state index is 12.8. The summed E-state index contributed by atoms with van der Waals surface area (Å²) in [7, 11) is 0. The number of fused-ring (bicyclic) bond motifs is 1. The van der Waals surface area contributed by atoms with Crippen molar-refractivity contribution in [3.8, 4) is 23.0 Å². The number of carbonyl (C=O) groups is 1. The second-order valence-corrected chi connectivity index (χ2v) is 10.3. The second-order valence-electron chi connectivity index (χ2n) is 10.3. The van der Waals surface area contributed by atoms with Crippen molar-refractivity contribution in [1.29, 1.82) is 0 Å². The summed E-state index contributed by atoms with van der Waals surface area (Å²) in [6.45, 7) is 0.980. The van der Waals surface area contributed by atoms with E-state index in [1.54, 1.807) is 12.1 Å². The highest BCUT2D eigenvalue weighted by molar-refractivity contribution is 6.02. The van der Waals surface area contributed by atoms with Gasteiger partial charge in [-0.1, -0.05) is 12.1 Å². The van der Waals surface area contributed by atoms with Crippen LogP contribution in [0.2, 0.25) is 0 Å². The molecule has 3 heterocycles. The molecule has 0 saturated carbocycles. The van der Waals surface area contributed by atoms with Gasteiger partial charge in [-0.15, -0.1) is 0 Å². The Balaban J connectivity index is 1.30. The molecule has 14 heteroatoms. The third kappa shape index (κ3) is 5.83. The van der Waals surface area contributed by atoms with Crippen molar-refractivity contribution in [1.82, 2.24) is 0 Å². The fourth-order valence-corrected chi connectivity index (χ4v) is 4.98. The van der Waals surface area contributed by atoms with Gasteiger partial charge in [-0.25, -0.2) is 0 Å². The van der Waals surface area contributed by atoms with E-state index in [9.17, 15) is 45.6 Å². The van der Waals surface area contributed by atoms with Crippen LogP contribution >= 0.6 is 0 Å². The first-order valence-electron chi connectivity index (χ1n) is 13.0. The van der Waals surface area contributed by atoms with Gasteiger partial charge in [0.05, 0.1) is 19.1 Å². The maximum Gasteiger partial charge on any atom is 0.229 e. The average Bonchev–Trinajstić information content (AvgIpc) is 2.94. The van der Waals surface area contributed by atoms with Crippen LogP contribution in [0.3, 0.4) is 0 Å². The quantitative estimate of drug-likeness (QED) is 0.202. The van der Waals surface area contributed by atoms with Crippen LogP contribution in [0.1, 0.15) is 35.4 Å². The van der Waals surface area contributed by atoms with Crippen LogP contribution in [0.4, 0.5) is 0 Å². The molecule has 0 aliphatic carbocycles. The molecule has 0 radical (unpaired) electrons. The lowest BCUT2D eigenvalue weighted by atomic mass is 9.95. The van der Waals surface area contributed by atoms with E-state index in [4.69, 9.17) is 23.7 Å². The highest BCUT2D eigenvalue weighted by atomic mass is 16.7. The van der Waals surface area contributed by atoms with Gasteiger partial charge >= 0.3 is 0 Å². The van der Waals surface area contributed by atoms with Crippen LogP contribution in [0.25, 0.3) is 0 Å². The summed E-state index contributed by atoms with van der Waals surface area (Å²) in [6, 6.07) is 8.51. The van der Waals surface area contributed by atoms with Crippen molar-refractivity contribution >= 4 is 5.78 Å². The predicted molar refractivity (Wildman–Crippen MR) is 134 cm³/mol. The van der Waals surface area contributed by atoms with Gasteiger partial charge in [0.25, 0.3) is 0 Å². The molecule has 0 bridgehead atoms. The monoisotopic (exact) mass is 580 g/mol. The summed E-state index contributed by atoms with van der Waals surface area (Å²) < 4.78 is 28.0. The summed E-state index contributed by atoms with van der Waals surface area (Å²) in [5.41, 5.74) is 0.550. The van der Waals surface area contributed by atoms with Gasteiger partial charge in [0, 0.05) is 12.1 Å². The summed E-state index contributed by atoms with van der Waals surface area (Å²) in [5, 5.41) is 81.5. The van der Waals surface area contributed by atoms with E-state index in [0.29, 0.717) is 5.56 Å². The SMILES string of the molecule is C[C@@H]1O[C@H](OC[C@H]2O[C@@H](Oc3cc(O)c4c(c3)O[C@H](c3ccc(O)cc3)CC4=O)[C@H](O)[C@@H](O)[C@@H]2O)[C@H](O)[C@H](O)[C@H]1O. The molecule has 2 saturated heterocycles. The van der Waals surface area contributed by atoms with Crippen molar-refractivity contribution in [2.24, 2.45) is 0 Å².